The summed E-state index contributed by atoms with van der Waals surface area (Å²) < 4.78 is 1.14. The quantitative estimate of drug-likeness (QED) is 0.918. The summed E-state index contributed by atoms with van der Waals surface area (Å²) in [7, 11) is 2.10. The van der Waals surface area contributed by atoms with Gasteiger partial charge in [0.25, 0.3) is 0 Å². The van der Waals surface area contributed by atoms with E-state index in [9.17, 15) is 0 Å². The van der Waals surface area contributed by atoms with Crippen molar-refractivity contribution in [2.24, 2.45) is 5.73 Å². The first-order valence-corrected chi connectivity index (χ1v) is 7.41. The third kappa shape index (κ3) is 3.38. The molecule has 2 heterocycles. The van der Waals surface area contributed by atoms with Crippen LogP contribution in [0.2, 0.25) is 0 Å². The van der Waals surface area contributed by atoms with Gasteiger partial charge in [0.15, 0.2) is 0 Å². The van der Waals surface area contributed by atoms with E-state index >= 15 is 0 Å². The van der Waals surface area contributed by atoms with E-state index in [1.165, 1.54) is 10.4 Å². The van der Waals surface area contributed by atoms with E-state index < -0.39 is 0 Å². The van der Waals surface area contributed by atoms with Crippen LogP contribution in [0.4, 0.5) is 0 Å². The Balaban J connectivity index is 2.08. The number of thiophene rings is 1. The fourth-order valence-electron chi connectivity index (χ4n) is 1.95. The fraction of sp³-hybridized carbons (Fsp3) is 0.308. The van der Waals surface area contributed by atoms with Gasteiger partial charge in [-0.25, -0.2) is 0 Å². The summed E-state index contributed by atoms with van der Waals surface area (Å²) in [5.41, 5.74) is 7.11. The maximum absolute atomic E-state index is 5.90. The number of hydrogen-bond donors (Lipinski definition) is 1. The Kier molecular flexibility index (Phi) is 4.88. The van der Waals surface area contributed by atoms with Crippen molar-refractivity contribution < 1.29 is 0 Å². The highest BCUT2D eigenvalue weighted by atomic mass is 79.9. The minimum Gasteiger partial charge on any atom is -0.329 e. The molecule has 3 nitrogen and oxygen atoms in total. The lowest BCUT2D eigenvalue weighted by Crippen LogP contribution is -2.29. The van der Waals surface area contributed by atoms with Gasteiger partial charge >= 0.3 is 0 Å². The molecule has 0 fully saturated rings. The number of nitrogens with two attached hydrogens (primary N) is 1. The van der Waals surface area contributed by atoms with Crippen molar-refractivity contribution in [2.75, 3.05) is 13.6 Å². The smallest absolute Gasteiger partial charge is 0.0472 e. The first-order valence-electron chi connectivity index (χ1n) is 5.74. The Morgan fingerprint density at radius 2 is 2.17 bits per heavy atom. The van der Waals surface area contributed by atoms with Crippen LogP contribution in [-0.4, -0.2) is 23.5 Å². The Hall–Kier alpha value is -0.750. The standard InChI is InChI=1S/C13H16BrN3S/c1-17(8-12-6-11(14)9-18-12)13(7-15)10-2-4-16-5-3-10/h2-6,9,13H,7-8,15H2,1H3. The van der Waals surface area contributed by atoms with Crippen molar-refractivity contribution in [2.45, 2.75) is 12.6 Å². The highest BCUT2D eigenvalue weighted by Crippen LogP contribution is 2.24. The average Bonchev–Trinajstić information content (AvgIpc) is 2.77. The predicted molar refractivity (Wildman–Crippen MR) is 79.5 cm³/mol. The normalized spacial score (nSPS) is 12.9. The number of rotatable bonds is 5. The maximum Gasteiger partial charge on any atom is 0.0472 e. The number of likely N-dealkylation sites (N-methyl/N-ethyl adjacent to an activating group) is 1. The zero-order valence-electron chi connectivity index (χ0n) is 10.2. The minimum absolute atomic E-state index is 0.230. The molecule has 96 valence electrons. The molecule has 18 heavy (non-hydrogen) atoms. The van der Waals surface area contributed by atoms with Gasteiger partial charge in [0.1, 0.15) is 0 Å². The second kappa shape index (κ2) is 6.43. The van der Waals surface area contributed by atoms with Crippen LogP contribution in [0.1, 0.15) is 16.5 Å². The first kappa shape index (κ1) is 13.7. The molecule has 0 radical (unpaired) electrons. The summed E-state index contributed by atoms with van der Waals surface area (Å²) in [6.45, 7) is 1.51. The van der Waals surface area contributed by atoms with E-state index in [-0.39, 0.29) is 6.04 Å². The molecule has 0 saturated heterocycles. The molecular formula is C13H16BrN3S. The maximum atomic E-state index is 5.90. The van der Waals surface area contributed by atoms with Gasteiger partial charge < -0.3 is 5.73 Å². The zero-order valence-corrected chi connectivity index (χ0v) is 12.6. The molecule has 0 bridgehead atoms. The van der Waals surface area contributed by atoms with E-state index in [0.29, 0.717) is 6.54 Å². The second-order valence-corrected chi connectivity index (χ2v) is 6.09. The summed E-state index contributed by atoms with van der Waals surface area (Å²) in [5.74, 6) is 0. The van der Waals surface area contributed by atoms with Gasteiger partial charge in [-0.2, -0.15) is 0 Å². The molecule has 0 aliphatic carbocycles. The van der Waals surface area contributed by atoms with Gasteiger partial charge in [0, 0.05) is 46.3 Å². The summed E-state index contributed by atoms with van der Waals surface area (Å²) in [6.07, 6.45) is 3.63. The summed E-state index contributed by atoms with van der Waals surface area (Å²) in [6, 6.07) is 6.44. The zero-order chi connectivity index (χ0) is 13.0. The molecule has 0 amide bonds. The summed E-state index contributed by atoms with van der Waals surface area (Å²) in [5, 5.41) is 2.10. The third-order valence-electron chi connectivity index (χ3n) is 2.87. The Morgan fingerprint density at radius 3 is 2.72 bits per heavy atom. The van der Waals surface area contributed by atoms with Crippen molar-refractivity contribution in [1.29, 1.82) is 0 Å². The molecule has 0 aliphatic heterocycles. The van der Waals surface area contributed by atoms with Gasteiger partial charge in [-0.3, -0.25) is 9.88 Å². The highest BCUT2D eigenvalue weighted by Gasteiger charge is 2.16. The lowest BCUT2D eigenvalue weighted by molar-refractivity contribution is 0.244. The van der Waals surface area contributed by atoms with Crippen LogP contribution in [0.15, 0.2) is 40.4 Å². The second-order valence-electron chi connectivity index (χ2n) is 4.18. The van der Waals surface area contributed by atoms with Crippen molar-refractivity contribution in [1.82, 2.24) is 9.88 Å². The first-order chi connectivity index (χ1) is 8.70. The Morgan fingerprint density at radius 1 is 1.44 bits per heavy atom. The summed E-state index contributed by atoms with van der Waals surface area (Å²) >= 11 is 5.24. The van der Waals surface area contributed by atoms with Crippen molar-refractivity contribution in [3.05, 3.63) is 50.9 Å². The minimum atomic E-state index is 0.230. The van der Waals surface area contributed by atoms with Gasteiger partial charge in [-0.1, -0.05) is 0 Å². The molecule has 2 aromatic heterocycles. The number of pyridine rings is 1. The number of halogens is 1. The predicted octanol–water partition coefficient (Wildman–Crippen LogP) is 3.04. The fourth-order valence-corrected chi connectivity index (χ4v) is 3.46. The van der Waals surface area contributed by atoms with Crippen LogP contribution in [0.3, 0.4) is 0 Å². The lowest BCUT2D eigenvalue weighted by Gasteiger charge is -2.26. The van der Waals surface area contributed by atoms with E-state index in [1.807, 2.05) is 24.5 Å². The van der Waals surface area contributed by atoms with Gasteiger partial charge in [0.2, 0.25) is 0 Å². The molecule has 1 unspecified atom stereocenters. The van der Waals surface area contributed by atoms with Gasteiger partial charge in [0.05, 0.1) is 0 Å². The molecular weight excluding hydrogens is 310 g/mol. The Bertz CT molecular complexity index is 486. The highest BCUT2D eigenvalue weighted by molar-refractivity contribution is 9.10. The van der Waals surface area contributed by atoms with Crippen LogP contribution < -0.4 is 5.73 Å². The van der Waals surface area contributed by atoms with Crippen LogP contribution in [0.5, 0.6) is 0 Å². The molecule has 2 aromatic rings. The lowest BCUT2D eigenvalue weighted by atomic mass is 10.1. The topological polar surface area (TPSA) is 42.1 Å². The molecule has 0 aromatic carbocycles. The molecule has 0 aliphatic rings. The van der Waals surface area contributed by atoms with E-state index in [1.54, 1.807) is 11.3 Å². The van der Waals surface area contributed by atoms with Crippen molar-refractivity contribution >= 4 is 27.3 Å². The molecule has 5 heteroatoms. The van der Waals surface area contributed by atoms with Crippen molar-refractivity contribution in [3.63, 3.8) is 0 Å². The number of aromatic nitrogens is 1. The molecule has 0 spiro atoms. The van der Waals surface area contributed by atoms with E-state index in [0.717, 1.165) is 11.0 Å². The SMILES string of the molecule is CN(Cc1cc(Br)cs1)C(CN)c1ccncc1. The van der Waals surface area contributed by atoms with Crippen LogP contribution in [0, 0.1) is 0 Å². The van der Waals surface area contributed by atoms with Crippen LogP contribution in [0.25, 0.3) is 0 Å². The van der Waals surface area contributed by atoms with Gasteiger partial charge in [-0.15, -0.1) is 11.3 Å². The van der Waals surface area contributed by atoms with Crippen molar-refractivity contribution in [3.8, 4) is 0 Å². The molecule has 2 rings (SSSR count). The van der Waals surface area contributed by atoms with Crippen LogP contribution >= 0.6 is 27.3 Å². The van der Waals surface area contributed by atoms with Crippen LogP contribution in [-0.2, 0) is 6.54 Å². The summed E-state index contributed by atoms with van der Waals surface area (Å²) in [4.78, 5) is 7.65. The van der Waals surface area contributed by atoms with Gasteiger partial charge in [-0.05, 0) is 46.7 Å². The monoisotopic (exact) mass is 325 g/mol. The third-order valence-corrected chi connectivity index (χ3v) is 4.56. The number of nitrogens with zero attached hydrogens (tertiary/aromatic N) is 2. The van der Waals surface area contributed by atoms with E-state index in [2.05, 4.69) is 44.3 Å². The largest absolute Gasteiger partial charge is 0.329 e. The number of hydrogen-bond acceptors (Lipinski definition) is 4. The van der Waals surface area contributed by atoms with E-state index in [4.69, 9.17) is 5.73 Å². The molecule has 0 saturated carbocycles. The average molecular weight is 326 g/mol. The molecule has 1 atom stereocenters. The molecule has 2 N–H and O–H groups in total. The Labute approximate surface area is 120 Å².